The van der Waals surface area contributed by atoms with Crippen LogP contribution in [0.1, 0.15) is 5.56 Å². The average molecular weight is 211 g/mol. The number of fused-ring (bicyclic) bond motifs is 1. The molecule has 0 bridgehead atoms. The molecule has 2 atom stereocenters. The Morgan fingerprint density at radius 1 is 1.06 bits per heavy atom. The van der Waals surface area contributed by atoms with Gasteiger partial charge in [-0.15, -0.1) is 0 Å². The summed E-state index contributed by atoms with van der Waals surface area (Å²) in [6.07, 6.45) is 7.84. The number of allylic oxidation sites excluding steroid dienone is 2. The van der Waals surface area contributed by atoms with E-state index in [1.165, 1.54) is 11.1 Å². The van der Waals surface area contributed by atoms with Crippen molar-refractivity contribution in [1.82, 2.24) is 0 Å². The van der Waals surface area contributed by atoms with Gasteiger partial charge < -0.3 is 10.5 Å². The van der Waals surface area contributed by atoms with E-state index in [0.29, 0.717) is 0 Å². The first kappa shape index (κ1) is 9.28. The summed E-state index contributed by atoms with van der Waals surface area (Å²) < 4.78 is 5.51. The van der Waals surface area contributed by atoms with Gasteiger partial charge in [-0.25, -0.2) is 0 Å². The van der Waals surface area contributed by atoms with Crippen molar-refractivity contribution in [3.8, 4) is 0 Å². The molecular weight excluding hydrogens is 198 g/mol. The number of hydrogen-bond acceptors (Lipinski definition) is 2. The van der Waals surface area contributed by atoms with E-state index in [9.17, 15) is 0 Å². The van der Waals surface area contributed by atoms with Gasteiger partial charge in [0, 0.05) is 5.92 Å². The molecule has 80 valence electrons. The summed E-state index contributed by atoms with van der Waals surface area (Å²) in [4.78, 5) is 0. The number of ether oxygens (including phenoxy) is 1. The second-order valence-electron chi connectivity index (χ2n) is 4.07. The average Bonchev–Trinajstić information content (AvgIpc) is 2.81. The molecule has 0 radical (unpaired) electrons. The van der Waals surface area contributed by atoms with E-state index in [1.807, 2.05) is 24.3 Å². The Bertz CT molecular complexity index is 485. The third kappa shape index (κ3) is 1.34. The van der Waals surface area contributed by atoms with Crippen LogP contribution in [0.15, 0.2) is 60.5 Å². The van der Waals surface area contributed by atoms with Crippen molar-refractivity contribution in [1.29, 1.82) is 0 Å². The van der Waals surface area contributed by atoms with Gasteiger partial charge in [-0.05, 0) is 23.3 Å². The molecule has 3 rings (SSSR count). The first-order valence-corrected chi connectivity index (χ1v) is 5.41. The van der Waals surface area contributed by atoms with Crippen molar-refractivity contribution in [2.24, 2.45) is 11.7 Å². The van der Waals surface area contributed by atoms with Gasteiger partial charge in [0.05, 0.1) is 12.0 Å². The maximum Gasteiger partial charge on any atom is 0.147 e. The van der Waals surface area contributed by atoms with E-state index in [0.717, 1.165) is 5.70 Å². The fourth-order valence-corrected chi connectivity index (χ4v) is 2.26. The van der Waals surface area contributed by atoms with E-state index in [-0.39, 0.29) is 12.0 Å². The third-order valence-corrected chi connectivity index (χ3v) is 3.09. The standard InChI is InChI=1S/C14H13NO/c15-13-7-6-11(10-4-2-1-3-5-10)12-8-9-16-14(12)13/h1-9,12,14H,15H2. The lowest BCUT2D eigenvalue weighted by Gasteiger charge is -2.25. The van der Waals surface area contributed by atoms with Crippen LogP contribution in [0.2, 0.25) is 0 Å². The molecule has 0 saturated heterocycles. The Balaban J connectivity index is 2.05. The van der Waals surface area contributed by atoms with Crippen molar-refractivity contribution >= 4 is 5.57 Å². The molecule has 2 aliphatic rings. The largest absolute Gasteiger partial charge is 0.491 e. The molecule has 2 unspecified atom stereocenters. The zero-order valence-electron chi connectivity index (χ0n) is 8.84. The maximum atomic E-state index is 5.91. The minimum atomic E-state index is -0.0137. The molecule has 0 spiro atoms. The first-order valence-electron chi connectivity index (χ1n) is 5.41. The van der Waals surface area contributed by atoms with Crippen LogP contribution in [0.4, 0.5) is 0 Å². The topological polar surface area (TPSA) is 35.2 Å². The van der Waals surface area contributed by atoms with E-state index >= 15 is 0 Å². The number of rotatable bonds is 1. The van der Waals surface area contributed by atoms with Crippen LogP contribution in [0.25, 0.3) is 5.57 Å². The molecule has 16 heavy (non-hydrogen) atoms. The van der Waals surface area contributed by atoms with Crippen molar-refractivity contribution in [3.05, 3.63) is 66.1 Å². The number of hydrogen-bond donors (Lipinski definition) is 1. The molecule has 1 aromatic carbocycles. The lowest BCUT2D eigenvalue weighted by atomic mass is 9.84. The molecule has 1 aliphatic heterocycles. The van der Waals surface area contributed by atoms with Crippen LogP contribution in [-0.4, -0.2) is 6.10 Å². The minimum absolute atomic E-state index is 0.0137. The Hall–Kier alpha value is -1.96. The van der Waals surface area contributed by atoms with Crippen molar-refractivity contribution in [2.75, 3.05) is 0 Å². The summed E-state index contributed by atoms with van der Waals surface area (Å²) in [6, 6.07) is 10.4. The quantitative estimate of drug-likeness (QED) is 0.774. The molecule has 0 amide bonds. The lowest BCUT2D eigenvalue weighted by Crippen LogP contribution is -2.27. The first-order chi connectivity index (χ1) is 7.86. The van der Waals surface area contributed by atoms with Crippen molar-refractivity contribution < 1.29 is 4.74 Å². The smallest absolute Gasteiger partial charge is 0.147 e. The molecule has 0 saturated carbocycles. The number of benzene rings is 1. The van der Waals surface area contributed by atoms with Gasteiger partial charge in [-0.2, -0.15) is 0 Å². The highest BCUT2D eigenvalue weighted by atomic mass is 16.5. The summed E-state index contributed by atoms with van der Waals surface area (Å²) in [5, 5.41) is 0. The lowest BCUT2D eigenvalue weighted by molar-refractivity contribution is 0.182. The summed E-state index contributed by atoms with van der Waals surface area (Å²) in [5.74, 6) is 0.257. The zero-order chi connectivity index (χ0) is 11.0. The minimum Gasteiger partial charge on any atom is -0.491 e. The van der Waals surface area contributed by atoms with Gasteiger partial charge in [-0.3, -0.25) is 0 Å². The Kier molecular flexibility index (Phi) is 2.07. The molecule has 2 heteroatoms. The van der Waals surface area contributed by atoms with Crippen LogP contribution in [0.5, 0.6) is 0 Å². The molecule has 2 N–H and O–H groups in total. The van der Waals surface area contributed by atoms with Crippen LogP contribution < -0.4 is 5.73 Å². The molecule has 0 aromatic heterocycles. The van der Waals surface area contributed by atoms with Gasteiger partial charge in [-0.1, -0.05) is 36.4 Å². The fourth-order valence-electron chi connectivity index (χ4n) is 2.26. The fraction of sp³-hybridized carbons (Fsp3) is 0.143. The van der Waals surface area contributed by atoms with Gasteiger partial charge in [0.1, 0.15) is 6.10 Å². The highest BCUT2D eigenvalue weighted by molar-refractivity contribution is 5.73. The predicted octanol–water partition coefficient (Wildman–Crippen LogP) is 2.45. The van der Waals surface area contributed by atoms with Crippen LogP contribution in [0, 0.1) is 5.92 Å². The van der Waals surface area contributed by atoms with E-state index < -0.39 is 0 Å². The summed E-state index contributed by atoms with van der Waals surface area (Å²) in [5.41, 5.74) is 9.22. The second kappa shape index (κ2) is 3.56. The normalized spacial score (nSPS) is 26.8. The molecule has 1 aromatic rings. The monoisotopic (exact) mass is 211 g/mol. The van der Waals surface area contributed by atoms with Crippen LogP contribution in [0.3, 0.4) is 0 Å². The van der Waals surface area contributed by atoms with Gasteiger partial charge >= 0.3 is 0 Å². The summed E-state index contributed by atoms with van der Waals surface area (Å²) in [6.45, 7) is 0. The van der Waals surface area contributed by atoms with Gasteiger partial charge in [0.15, 0.2) is 0 Å². The maximum absolute atomic E-state index is 5.91. The van der Waals surface area contributed by atoms with Crippen molar-refractivity contribution in [3.63, 3.8) is 0 Å². The van der Waals surface area contributed by atoms with Crippen LogP contribution >= 0.6 is 0 Å². The number of nitrogens with two attached hydrogens (primary N) is 1. The van der Waals surface area contributed by atoms with Gasteiger partial charge in [0.25, 0.3) is 0 Å². The van der Waals surface area contributed by atoms with E-state index in [2.05, 4.69) is 24.3 Å². The Morgan fingerprint density at radius 3 is 2.69 bits per heavy atom. The van der Waals surface area contributed by atoms with Gasteiger partial charge in [0.2, 0.25) is 0 Å². The second-order valence-corrected chi connectivity index (χ2v) is 4.07. The summed E-state index contributed by atoms with van der Waals surface area (Å²) >= 11 is 0. The predicted molar refractivity (Wildman–Crippen MR) is 64.2 cm³/mol. The highest BCUT2D eigenvalue weighted by Gasteiger charge is 2.32. The van der Waals surface area contributed by atoms with Crippen molar-refractivity contribution in [2.45, 2.75) is 6.10 Å². The molecule has 1 heterocycles. The van der Waals surface area contributed by atoms with E-state index in [4.69, 9.17) is 10.5 Å². The molecule has 2 nitrogen and oxygen atoms in total. The molecule has 0 fully saturated rings. The third-order valence-electron chi connectivity index (χ3n) is 3.09. The molecular formula is C14H13NO. The SMILES string of the molecule is NC1=CC=C(c2ccccc2)C2C=COC12. The highest BCUT2D eigenvalue weighted by Crippen LogP contribution is 2.37. The van der Waals surface area contributed by atoms with Crippen LogP contribution in [-0.2, 0) is 4.74 Å². The van der Waals surface area contributed by atoms with E-state index in [1.54, 1.807) is 6.26 Å². The zero-order valence-corrected chi connectivity index (χ0v) is 8.84. The summed E-state index contributed by atoms with van der Waals surface area (Å²) in [7, 11) is 0. The Labute approximate surface area is 94.7 Å². The Morgan fingerprint density at radius 2 is 1.88 bits per heavy atom. The molecule has 1 aliphatic carbocycles.